The Morgan fingerprint density at radius 3 is 1.95 bits per heavy atom. The molecule has 0 radical (unpaired) electrons. The fourth-order valence-electron chi connectivity index (χ4n) is 6.06. The Labute approximate surface area is 251 Å². The van der Waals surface area contributed by atoms with E-state index in [1.54, 1.807) is 20.8 Å². The lowest BCUT2D eigenvalue weighted by molar-refractivity contribution is -0.158. The van der Waals surface area contributed by atoms with Crippen LogP contribution in [-0.4, -0.2) is 23.1 Å². The first-order valence-corrected chi connectivity index (χ1v) is 16.3. The quantitative estimate of drug-likeness (QED) is 0.119. The molecule has 0 amide bonds. The first-order valence-electron chi connectivity index (χ1n) is 16.3. The maximum absolute atomic E-state index is 12.6. The van der Waals surface area contributed by atoms with Crippen LogP contribution in [0, 0.1) is 38.5 Å². The lowest BCUT2D eigenvalue weighted by Gasteiger charge is -2.38. The minimum Gasteiger partial charge on any atom is -0.487 e. The maximum Gasteiger partial charge on any atom is 0.322 e. The van der Waals surface area contributed by atoms with Crippen molar-refractivity contribution in [1.29, 1.82) is 0 Å². The third-order valence-corrected chi connectivity index (χ3v) is 8.76. The van der Waals surface area contributed by atoms with E-state index >= 15 is 0 Å². The van der Waals surface area contributed by atoms with Crippen molar-refractivity contribution in [2.45, 2.75) is 164 Å². The van der Waals surface area contributed by atoms with E-state index in [4.69, 9.17) is 14.2 Å². The number of benzene rings is 1. The van der Waals surface area contributed by atoms with E-state index in [2.05, 4.69) is 34.6 Å². The van der Waals surface area contributed by atoms with Gasteiger partial charge in [-0.3, -0.25) is 9.59 Å². The van der Waals surface area contributed by atoms with Gasteiger partial charge in [0.1, 0.15) is 29.1 Å². The van der Waals surface area contributed by atoms with E-state index < -0.39 is 24.0 Å². The summed E-state index contributed by atoms with van der Waals surface area (Å²) in [5.41, 5.74) is 3.11. The van der Waals surface area contributed by atoms with Crippen LogP contribution in [0.5, 0.6) is 11.5 Å². The Bertz CT molecular complexity index is 1020. The molecule has 5 nitrogen and oxygen atoms in total. The Morgan fingerprint density at radius 1 is 0.829 bits per heavy atom. The van der Waals surface area contributed by atoms with E-state index in [9.17, 15) is 9.59 Å². The standard InChI is InChI=1S/C36H60O5/c1-24(2)15-12-16-25(3)17-13-18-26(4)19-14-21-36(11)22-20-30-29(7)33(27(5)28(6)34(30)41-36)39-31(37)23-32(38)40-35(8,9)10/h24-26H,12-23H2,1-11H3/t25-,26-,36-/m0/s1. The van der Waals surface area contributed by atoms with E-state index in [1.165, 1.54) is 51.4 Å². The number of carbonyl (C=O) groups excluding carboxylic acids is 2. The summed E-state index contributed by atoms with van der Waals surface area (Å²) < 4.78 is 17.7. The number of ether oxygens (including phenoxy) is 3. The van der Waals surface area contributed by atoms with Gasteiger partial charge in [0.2, 0.25) is 0 Å². The summed E-state index contributed by atoms with van der Waals surface area (Å²) in [6.07, 6.45) is 13.0. The van der Waals surface area contributed by atoms with Gasteiger partial charge in [0.25, 0.3) is 0 Å². The zero-order valence-electron chi connectivity index (χ0n) is 28.3. The minimum atomic E-state index is -0.640. The Hall–Kier alpha value is -2.04. The van der Waals surface area contributed by atoms with Crippen LogP contribution >= 0.6 is 0 Å². The Balaban J connectivity index is 1.90. The summed E-state index contributed by atoms with van der Waals surface area (Å²) in [5.74, 6) is 2.74. The molecule has 1 aliphatic heterocycles. The fraction of sp³-hybridized carbons (Fsp3) is 0.778. The number of esters is 2. The molecule has 0 fully saturated rings. The monoisotopic (exact) mass is 572 g/mol. The van der Waals surface area contributed by atoms with Crippen molar-refractivity contribution in [1.82, 2.24) is 0 Å². The second-order valence-electron chi connectivity index (χ2n) is 14.7. The van der Waals surface area contributed by atoms with Crippen molar-refractivity contribution in [2.24, 2.45) is 17.8 Å². The molecule has 2 rings (SSSR count). The average Bonchev–Trinajstić information content (AvgIpc) is 2.83. The van der Waals surface area contributed by atoms with Gasteiger partial charge in [-0.05, 0) is 109 Å². The average molecular weight is 573 g/mol. The molecule has 1 aromatic carbocycles. The van der Waals surface area contributed by atoms with Gasteiger partial charge in [-0.1, -0.05) is 72.6 Å². The smallest absolute Gasteiger partial charge is 0.322 e. The van der Waals surface area contributed by atoms with Gasteiger partial charge in [-0.15, -0.1) is 0 Å². The highest BCUT2D eigenvalue weighted by molar-refractivity contribution is 5.92. The molecule has 1 aliphatic rings. The van der Waals surface area contributed by atoms with Crippen molar-refractivity contribution >= 4 is 11.9 Å². The summed E-state index contributed by atoms with van der Waals surface area (Å²) in [7, 11) is 0. The SMILES string of the molecule is Cc1c(C)c2c(c(C)c1OC(=O)CC(=O)OC(C)(C)C)CC[C@](C)(CCC[C@@H](C)CCC[C@@H](C)CCCC(C)C)O2. The highest BCUT2D eigenvalue weighted by Crippen LogP contribution is 2.45. The highest BCUT2D eigenvalue weighted by atomic mass is 16.6. The van der Waals surface area contributed by atoms with E-state index in [0.717, 1.165) is 65.0 Å². The van der Waals surface area contributed by atoms with Crippen molar-refractivity contribution in [3.05, 3.63) is 22.3 Å². The van der Waals surface area contributed by atoms with Crippen molar-refractivity contribution in [3.8, 4) is 11.5 Å². The molecule has 0 spiro atoms. The van der Waals surface area contributed by atoms with Crippen LogP contribution in [0.2, 0.25) is 0 Å². The first-order chi connectivity index (χ1) is 19.0. The maximum atomic E-state index is 12.6. The van der Waals surface area contributed by atoms with E-state index in [0.29, 0.717) is 5.75 Å². The van der Waals surface area contributed by atoms with Gasteiger partial charge in [0, 0.05) is 5.56 Å². The summed E-state index contributed by atoms with van der Waals surface area (Å²) in [6, 6.07) is 0. The van der Waals surface area contributed by atoms with Crippen LogP contribution in [0.1, 0.15) is 148 Å². The number of rotatable bonds is 15. The third-order valence-electron chi connectivity index (χ3n) is 8.76. The van der Waals surface area contributed by atoms with Gasteiger partial charge >= 0.3 is 11.9 Å². The second-order valence-corrected chi connectivity index (χ2v) is 14.7. The highest BCUT2D eigenvalue weighted by Gasteiger charge is 2.35. The molecule has 0 aromatic heterocycles. The van der Waals surface area contributed by atoms with Crippen LogP contribution in [-0.2, 0) is 20.7 Å². The van der Waals surface area contributed by atoms with Gasteiger partial charge in [0.05, 0.1) is 0 Å². The number of hydrogen-bond acceptors (Lipinski definition) is 5. The predicted molar refractivity (Wildman–Crippen MR) is 169 cm³/mol. The molecule has 0 N–H and O–H groups in total. The summed E-state index contributed by atoms with van der Waals surface area (Å²) in [4.78, 5) is 24.7. The topological polar surface area (TPSA) is 61.8 Å². The molecule has 0 saturated heterocycles. The summed E-state index contributed by atoms with van der Waals surface area (Å²) in [5, 5.41) is 0. The largest absolute Gasteiger partial charge is 0.487 e. The van der Waals surface area contributed by atoms with E-state index in [1.807, 2.05) is 20.8 Å². The molecule has 41 heavy (non-hydrogen) atoms. The number of hydrogen-bond donors (Lipinski definition) is 0. The number of fused-ring (bicyclic) bond motifs is 1. The van der Waals surface area contributed by atoms with Crippen LogP contribution in [0.4, 0.5) is 0 Å². The third kappa shape index (κ3) is 11.6. The molecule has 0 bridgehead atoms. The van der Waals surface area contributed by atoms with Gasteiger partial charge < -0.3 is 14.2 Å². The molecule has 234 valence electrons. The molecule has 1 aromatic rings. The zero-order chi connectivity index (χ0) is 31.0. The van der Waals surface area contributed by atoms with Gasteiger partial charge in [-0.2, -0.15) is 0 Å². The van der Waals surface area contributed by atoms with E-state index in [-0.39, 0.29) is 5.60 Å². The lowest BCUT2D eigenvalue weighted by atomic mass is 9.83. The molecule has 5 heteroatoms. The van der Waals surface area contributed by atoms with Crippen LogP contribution in [0.15, 0.2) is 0 Å². The van der Waals surface area contributed by atoms with Crippen LogP contribution in [0.3, 0.4) is 0 Å². The first kappa shape index (κ1) is 35.2. The molecule has 0 aliphatic carbocycles. The number of carbonyl (C=O) groups is 2. The van der Waals surface area contributed by atoms with Crippen molar-refractivity contribution < 1.29 is 23.8 Å². The van der Waals surface area contributed by atoms with Gasteiger partial charge in [0.15, 0.2) is 0 Å². The van der Waals surface area contributed by atoms with Crippen molar-refractivity contribution in [2.75, 3.05) is 0 Å². The van der Waals surface area contributed by atoms with Crippen molar-refractivity contribution in [3.63, 3.8) is 0 Å². The molecule has 0 saturated carbocycles. The summed E-state index contributed by atoms with van der Waals surface area (Å²) in [6.45, 7) is 23.0. The van der Waals surface area contributed by atoms with Crippen LogP contribution in [0.25, 0.3) is 0 Å². The van der Waals surface area contributed by atoms with Gasteiger partial charge in [-0.25, -0.2) is 0 Å². The predicted octanol–water partition coefficient (Wildman–Crippen LogP) is 9.77. The summed E-state index contributed by atoms with van der Waals surface area (Å²) >= 11 is 0. The van der Waals surface area contributed by atoms with Crippen LogP contribution < -0.4 is 9.47 Å². The molecule has 3 atom stereocenters. The molecular weight excluding hydrogens is 512 g/mol. The molecule has 1 heterocycles. The molecular formula is C36H60O5. The minimum absolute atomic E-state index is 0.184. The lowest BCUT2D eigenvalue weighted by Crippen LogP contribution is -2.37. The molecule has 0 unspecified atom stereocenters. The fourth-order valence-corrected chi connectivity index (χ4v) is 6.06. The Morgan fingerprint density at radius 2 is 1.39 bits per heavy atom. The second kappa shape index (κ2) is 15.4. The Kier molecular flexibility index (Phi) is 13.2. The zero-order valence-corrected chi connectivity index (χ0v) is 28.3. The normalized spacial score (nSPS) is 18.4.